The summed E-state index contributed by atoms with van der Waals surface area (Å²) in [4.78, 5) is 11.9. The van der Waals surface area contributed by atoms with Gasteiger partial charge in [-0.3, -0.25) is 4.79 Å². The van der Waals surface area contributed by atoms with Crippen molar-refractivity contribution in [1.82, 2.24) is 0 Å². The summed E-state index contributed by atoms with van der Waals surface area (Å²) in [7, 11) is 0. The number of hydrogen-bond acceptors (Lipinski definition) is 5. The summed E-state index contributed by atoms with van der Waals surface area (Å²) in [6.07, 6.45) is 14.4. The number of oxime groups is 1. The summed E-state index contributed by atoms with van der Waals surface area (Å²) in [6.45, 7) is 3.62. The molecule has 0 bridgehead atoms. The second-order valence-corrected chi connectivity index (χ2v) is 9.22. The van der Waals surface area contributed by atoms with Crippen LogP contribution in [0.25, 0.3) is 0 Å². The highest BCUT2D eigenvalue weighted by molar-refractivity contribution is 5.96. The highest BCUT2D eigenvalue weighted by Gasteiger charge is 2.66. The number of terminal acetylenes is 1. The molecule has 4 aliphatic carbocycles. The van der Waals surface area contributed by atoms with E-state index in [0.29, 0.717) is 29.4 Å². The molecule has 5 heteroatoms. The predicted octanol–water partition coefficient (Wildman–Crippen LogP) is 3.69. The molecule has 0 aromatic rings. The van der Waals surface area contributed by atoms with Crippen LogP contribution in [-0.4, -0.2) is 33.7 Å². The lowest BCUT2D eigenvalue weighted by atomic mass is 9.49. The van der Waals surface area contributed by atoms with Gasteiger partial charge in [0.25, 0.3) is 0 Å². The molecule has 0 aromatic heterocycles. The van der Waals surface area contributed by atoms with Crippen LogP contribution in [0.2, 0.25) is 0 Å². The van der Waals surface area contributed by atoms with E-state index in [4.69, 9.17) is 16.4 Å². The van der Waals surface area contributed by atoms with Gasteiger partial charge in [-0.1, -0.05) is 18.0 Å². The number of fused-ring (bicyclic) bond motifs is 5. The Hall–Kier alpha value is -1.80. The molecule has 0 amide bonds. The molecular weight excluding hydrogens is 354 g/mol. The summed E-state index contributed by atoms with van der Waals surface area (Å²) in [5.74, 6) is 4.25. The number of carbonyl (C=O) groups excluding carboxylic acids is 1. The number of ether oxygens (including phenoxy) is 1. The minimum Gasteiger partial charge on any atom is -0.445 e. The Labute approximate surface area is 167 Å². The van der Waals surface area contributed by atoms with E-state index < -0.39 is 11.7 Å². The van der Waals surface area contributed by atoms with Crippen molar-refractivity contribution >= 4 is 11.7 Å². The maximum absolute atomic E-state index is 11.9. The standard InChI is InChI=1S/C23H31NO4/c1-4-22-10-8-17-16-7-6-15(24-27)12-19(16)21(26)13-18(17)20(22)9-11-23(22,5-2)28-14(3)25/h2,12,16-18,20-21,26-27H,4,6-11,13H2,1,3H3/t16?,17?,18?,20?,21?,22-,23-/m0/s1. The van der Waals surface area contributed by atoms with Crippen LogP contribution in [0, 0.1) is 41.4 Å². The van der Waals surface area contributed by atoms with E-state index in [1.165, 1.54) is 6.92 Å². The third-order valence-electron chi connectivity index (χ3n) is 8.49. The maximum Gasteiger partial charge on any atom is 0.304 e. The summed E-state index contributed by atoms with van der Waals surface area (Å²) in [6, 6.07) is 0. The Kier molecular flexibility index (Phi) is 4.82. The summed E-state index contributed by atoms with van der Waals surface area (Å²) >= 11 is 0. The van der Waals surface area contributed by atoms with Gasteiger partial charge in [0.1, 0.15) is 0 Å². The lowest BCUT2D eigenvalue weighted by Crippen LogP contribution is -2.56. The molecule has 28 heavy (non-hydrogen) atoms. The number of nitrogens with zero attached hydrogens (tertiary/aromatic N) is 1. The minimum absolute atomic E-state index is 0.193. The topological polar surface area (TPSA) is 79.1 Å². The van der Waals surface area contributed by atoms with Gasteiger partial charge in [0.05, 0.1) is 11.8 Å². The Morgan fingerprint density at radius 1 is 1.36 bits per heavy atom. The van der Waals surface area contributed by atoms with Crippen molar-refractivity contribution in [1.29, 1.82) is 0 Å². The zero-order valence-corrected chi connectivity index (χ0v) is 16.9. The largest absolute Gasteiger partial charge is 0.445 e. The Balaban J connectivity index is 1.70. The highest BCUT2D eigenvalue weighted by Crippen LogP contribution is 2.67. The van der Waals surface area contributed by atoms with E-state index in [2.05, 4.69) is 18.0 Å². The molecule has 3 fully saturated rings. The van der Waals surface area contributed by atoms with Gasteiger partial charge in [0.15, 0.2) is 5.60 Å². The molecule has 4 aliphatic rings. The third-order valence-corrected chi connectivity index (χ3v) is 8.49. The van der Waals surface area contributed by atoms with Gasteiger partial charge >= 0.3 is 5.97 Å². The fourth-order valence-electron chi connectivity index (χ4n) is 7.46. The molecule has 3 saturated carbocycles. The van der Waals surface area contributed by atoms with Crippen LogP contribution in [0.15, 0.2) is 16.8 Å². The van der Waals surface area contributed by atoms with Crippen molar-refractivity contribution in [3.63, 3.8) is 0 Å². The van der Waals surface area contributed by atoms with Crippen LogP contribution in [-0.2, 0) is 9.53 Å². The van der Waals surface area contributed by atoms with Gasteiger partial charge in [0.2, 0.25) is 0 Å². The zero-order chi connectivity index (χ0) is 20.1. The Morgan fingerprint density at radius 2 is 2.14 bits per heavy atom. The number of carbonyl (C=O) groups is 1. The van der Waals surface area contributed by atoms with E-state index in [9.17, 15) is 9.90 Å². The number of esters is 1. The Bertz CT molecular complexity index is 765. The fourth-order valence-corrected chi connectivity index (χ4v) is 7.46. The summed E-state index contributed by atoms with van der Waals surface area (Å²) in [5.41, 5.74) is 0.713. The van der Waals surface area contributed by atoms with Crippen molar-refractivity contribution in [2.45, 2.75) is 76.9 Å². The summed E-state index contributed by atoms with van der Waals surface area (Å²) < 4.78 is 5.86. The number of aliphatic hydroxyl groups excluding tert-OH is 1. The molecule has 0 aliphatic heterocycles. The molecule has 5 unspecified atom stereocenters. The van der Waals surface area contributed by atoms with Crippen LogP contribution < -0.4 is 0 Å². The summed E-state index contributed by atoms with van der Waals surface area (Å²) in [5, 5.41) is 23.5. The van der Waals surface area contributed by atoms with E-state index in [1.54, 1.807) is 0 Å². The van der Waals surface area contributed by atoms with E-state index >= 15 is 0 Å². The molecule has 152 valence electrons. The molecule has 0 saturated heterocycles. The van der Waals surface area contributed by atoms with Crippen molar-refractivity contribution < 1.29 is 19.8 Å². The third kappa shape index (κ3) is 2.57. The zero-order valence-electron chi connectivity index (χ0n) is 16.9. The molecule has 0 aromatic carbocycles. The molecule has 4 rings (SSSR count). The van der Waals surface area contributed by atoms with Crippen LogP contribution >= 0.6 is 0 Å². The molecule has 0 spiro atoms. The number of allylic oxidation sites excluding steroid dienone is 1. The van der Waals surface area contributed by atoms with Gasteiger partial charge in [-0.2, -0.15) is 0 Å². The van der Waals surface area contributed by atoms with E-state index in [1.807, 2.05) is 6.08 Å². The molecule has 0 radical (unpaired) electrons. The lowest BCUT2D eigenvalue weighted by molar-refractivity contribution is -0.171. The number of rotatable bonds is 2. The van der Waals surface area contributed by atoms with Crippen molar-refractivity contribution in [2.75, 3.05) is 0 Å². The first kappa shape index (κ1) is 19.5. The smallest absolute Gasteiger partial charge is 0.304 e. The van der Waals surface area contributed by atoms with Gasteiger partial charge in [-0.05, 0) is 86.7 Å². The average Bonchev–Trinajstić information content (AvgIpc) is 3.02. The first-order valence-corrected chi connectivity index (χ1v) is 10.7. The minimum atomic E-state index is -0.812. The normalized spacial score (nSPS) is 46.0. The van der Waals surface area contributed by atoms with Gasteiger partial charge < -0.3 is 15.1 Å². The molecular formula is C23H31NO4. The second-order valence-electron chi connectivity index (χ2n) is 9.22. The monoisotopic (exact) mass is 385 g/mol. The van der Waals surface area contributed by atoms with Crippen molar-refractivity contribution in [3.8, 4) is 12.3 Å². The average molecular weight is 386 g/mol. The van der Waals surface area contributed by atoms with Crippen molar-refractivity contribution in [3.05, 3.63) is 11.6 Å². The number of hydrogen-bond donors (Lipinski definition) is 2. The van der Waals surface area contributed by atoms with Gasteiger partial charge in [0, 0.05) is 12.3 Å². The molecule has 5 nitrogen and oxygen atoms in total. The van der Waals surface area contributed by atoms with Crippen LogP contribution in [0.1, 0.15) is 65.2 Å². The van der Waals surface area contributed by atoms with Crippen LogP contribution in [0.3, 0.4) is 0 Å². The van der Waals surface area contributed by atoms with E-state index in [-0.39, 0.29) is 11.4 Å². The van der Waals surface area contributed by atoms with Crippen molar-refractivity contribution in [2.24, 2.45) is 34.2 Å². The predicted molar refractivity (Wildman–Crippen MR) is 106 cm³/mol. The molecule has 0 heterocycles. The van der Waals surface area contributed by atoms with Crippen LogP contribution in [0.4, 0.5) is 0 Å². The van der Waals surface area contributed by atoms with Gasteiger partial charge in [-0.25, -0.2) is 0 Å². The van der Waals surface area contributed by atoms with E-state index in [0.717, 1.165) is 56.9 Å². The maximum atomic E-state index is 11.9. The molecule has 7 atom stereocenters. The number of aliphatic hydroxyl groups is 1. The fraction of sp³-hybridized carbons (Fsp3) is 0.739. The van der Waals surface area contributed by atoms with Gasteiger partial charge in [-0.15, -0.1) is 6.42 Å². The first-order valence-electron chi connectivity index (χ1n) is 10.7. The first-order chi connectivity index (χ1) is 13.4. The SMILES string of the molecule is C#C[C@]1(OC(C)=O)CCC2C3CC(O)C4=CC(=NO)CCC4C3CC[C@@]21CC. The Morgan fingerprint density at radius 3 is 2.79 bits per heavy atom. The lowest BCUT2D eigenvalue weighted by Gasteiger charge is -2.57. The highest BCUT2D eigenvalue weighted by atomic mass is 16.6. The molecule has 2 N–H and O–H groups in total. The second kappa shape index (κ2) is 6.91. The van der Waals surface area contributed by atoms with Crippen LogP contribution in [0.5, 0.6) is 0 Å². The quantitative estimate of drug-likeness (QED) is 0.329.